The van der Waals surface area contributed by atoms with E-state index in [-0.39, 0.29) is 22.4 Å². The third-order valence-electron chi connectivity index (χ3n) is 6.74. The van der Waals surface area contributed by atoms with Crippen LogP contribution >= 0.6 is 0 Å². The maximum atomic E-state index is 13.2. The Morgan fingerprint density at radius 3 is 2.56 bits per heavy atom. The van der Waals surface area contributed by atoms with E-state index in [1.807, 2.05) is 55.5 Å². The lowest BCUT2D eigenvalue weighted by Crippen LogP contribution is -2.35. The molecule has 190 valence electrons. The Morgan fingerprint density at radius 1 is 1.08 bits per heavy atom. The fraction of sp³-hybridized carbons (Fsp3) is 0.321. The van der Waals surface area contributed by atoms with Gasteiger partial charge in [0.2, 0.25) is 0 Å². The zero-order chi connectivity index (χ0) is 25.9. The van der Waals surface area contributed by atoms with E-state index in [9.17, 15) is 13.2 Å². The molecule has 1 aliphatic rings. The van der Waals surface area contributed by atoms with Crippen LogP contribution in [0.3, 0.4) is 0 Å². The van der Waals surface area contributed by atoms with Gasteiger partial charge in [0.05, 0.1) is 29.5 Å². The van der Waals surface area contributed by atoms with Crippen LogP contribution in [0.5, 0.6) is 5.75 Å². The summed E-state index contributed by atoms with van der Waals surface area (Å²) in [6.07, 6.45) is 0.902. The molecule has 3 aromatic carbocycles. The second-order valence-corrected chi connectivity index (χ2v) is 11.4. The van der Waals surface area contributed by atoms with Crippen LogP contribution in [-0.4, -0.2) is 39.5 Å². The van der Waals surface area contributed by atoms with E-state index < -0.39 is 15.9 Å². The van der Waals surface area contributed by atoms with Gasteiger partial charge in [0, 0.05) is 18.7 Å². The van der Waals surface area contributed by atoms with Crippen molar-refractivity contribution in [2.24, 2.45) is 0 Å². The van der Waals surface area contributed by atoms with Gasteiger partial charge in [0.1, 0.15) is 5.75 Å². The fourth-order valence-electron chi connectivity index (χ4n) is 4.46. The number of anilines is 1. The van der Waals surface area contributed by atoms with Crippen molar-refractivity contribution < 1.29 is 17.9 Å². The minimum Gasteiger partial charge on any atom is -0.495 e. The van der Waals surface area contributed by atoms with Crippen molar-refractivity contribution in [2.45, 2.75) is 49.5 Å². The molecule has 7 nitrogen and oxygen atoms in total. The highest BCUT2D eigenvalue weighted by Gasteiger charge is 2.23. The number of benzene rings is 3. The summed E-state index contributed by atoms with van der Waals surface area (Å²) in [4.78, 5) is 15.0. The van der Waals surface area contributed by atoms with Crippen molar-refractivity contribution in [3.8, 4) is 5.75 Å². The number of amides is 2. The van der Waals surface area contributed by atoms with E-state index >= 15 is 0 Å². The number of likely N-dealkylation sites (N-methyl/N-ethyl adjacent to an activating group) is 1. The number of fused-ring (bicyclic) bond motifs is 1. The number of carbonyl (C=O) groups excluding carboxylic acids is 1. The predicted octanol–water partition coefficient (Wildman–Crippen LogP) is 4.93. The molecule has 0 fully saturated rings. The lowest BCUT2D eigenvalue weighted by Gasteiger charge is -2.31. The number of nitrogens with one attached hydrogen (secondary N) is 2. The Morgan fingerprint density at radius 2 is 1.83 bits per heavy atom. The van der Waals surface area contributed by atoms with Gasteiger partial charge < -0.3 is 15.4 Å². The Bertz CT molecular complexity index is 1340. The van der Waals surface area contributed by atoms with Crippen LogP contribution in [0, 0.1) is 0 Å². The number of methoxy groups -OCH3 is 1. The molecule has 2 atom stereocenters. The molecule has 0 bridgehead atoms. The van der Waals surface area contributed by atoms with Gasteiger partial charge in [0.15, 0.2) is 9.84 Å². The third kappa shape index (κ3) is 5.88. The summed E-state index contributed by atoms with van der Waals surface area (Å²) >= 11 is 0. The molecule has 0 saturated heterocycles. The summed E-state index contributed by atoms with van der Waals surface area (Å²) in [5, 5.41) is 5.64. The molecule has 1 heterocycles. The molecule has 2 amide bonds. The number of hydrogen-bond acceptors (Lipinski definition) is 5. The maximum Gasteiger partial charge on any atom is 0.319 e. The molecule has 0 spiro atoms. The summed E-state index contributed by atoms with van der Waals surface area (Å²) < 4.78 is 31.9. The highest BCUT2D eigenvalue weighted by Crippen LogP contribution is 2.30. The van der Waals surface area contributed by atoms with Crippen LogP contribution in [0.25, 0.3) is 0 Å². The Labute approximate surface area is 213 Å². The summed E-state index contributed by atoms with van der Waals surface area (Å²) in [7, 11) is -0.0657. The first-order chi connectivity index (χ1) is 17.2. The highest BCUT2D eigenvalue weighted by atomic mass is 32.2. The van der Waals surface area contributed by atoms with Gasteiger partial charge in [0.25, 0.3) is 0 Å². The zero-order valence-electron chi connectivity index (χ0n) is 21.1. The topological polar surface area (TPSA) is 87.7 Å². The molecule has 0 radical (unpaired) electrons. The van der Waals surface area contributed by atoms with Crippen LogP contribution in [0.1, 0.15) is 42.1 Å². The largest absolute Gasteiger partial charge is 0.495 e. The van der Waals surface area contributed by atoms with Crippen LogP contribution < -0.4 is 15.4 Å². The molecule has 2 unspecified atom stereocenters. The third-order valence-corrected chi connectivity index (χ3v) is 8.43. The van der Waals surface area contributed by atoms with E-state index in [1.54, 1.807) is 6.07 Å². The van der Waals surface area contributed by atoms with Gasteiger partial charge in [-0.1, -0.05) is 48.5 Å². The Hall–Kier alpha value is -3.36. The lowest BCUT2D eigenvalue weighted by atomic mass is 9.94. The molecule has 36 heavy (non-hydrogen) atoms. The number of urea groups is 1. The van der Waals surface area contributed by atoms with Crippen LogP contribution in [0.15, 0.2) is 71.6 Å². The predicted molar refractivity (Wildman–Crippen MR) is 142 cm³/mol. The molecule has 0 saturated carbocycles. The summed E-state index contributed by atoms with van der Waals surface area (Å²) in [6.45, 7) is 4.94. The number of nitrogens with zero attached hydrogens (tertiary/aromatic N) is 1. The normalized spacial score (nSPS) is 16.6. The van der Waals surface area contributed by atoms with Gasteiger partial charge >= 0.3 is 6.03 Å². The lowest BCUT2D eigenvalue weighted by molar-refractivity contribution is 0.231. The van der Waals surface area contributed by atoms with Crippen molar-refractivity contribution in [3.63, 3.8) is 0 Å². The van der Waals surface area contributed by atoms with E-state index in [1.165, 1.54) is 30.4 Å². The first kappa shape index (κ1) is 25.7. The van der Waals surface area contributed by atoms with E-state index in [2.05, 4.69) is 29.5 Å². The Balaban J connectivity index is 1.47. The number of hydrogen-bond donors (Lipinski definition) is 2. The van der Waals surface area contributed by atoms with Gasteiger partial charge in [-0.15, -0.1) is 0 Å². The molecule has 0 aromatic heterocycles. The second-order valence-electron chi connectivity index (χ2n) is 9.42. The molecule has 4 rings (SSSR count). The van der Waals surface area contributed by atoms with Crippen molar-refractivity contribution in [2.75, 3.05) is 19.5 Å². The van der Waals surface area contributed by atoms with Gasteiger partial charge in [-0.2, -0.15) is 0 Å². The highest BCUT2D eigenvalue weighted by molar-refractivity contribution is 7.90. The zero-order valence-corrected chi connectivity index (χ0v) is 21.9. The molecule has 1 aliphatic heterocycles. The first-order valence-corrected chi connectivity index (χ1v) is 13.7. The van der Waals surface area contributed by atoms with Gasteiger partial charge in [-0.25, -0.2) is 13.2 Å². The SMILES string of the molecule is COc1cc(S(=O)(=O)Cc2ccc3c(c2)CC(C)N(C)C3)ccc1NC(=O)NC(C)c1ccccc1. The summed E-state index contributed by atoms with van der Waals surface area (Å²) in [5.41, 5.74) is 4.58. The van der Waals surface area contributed by atoms with Crippen LogP contribution in [0.4, 0.5) is 10.5 Å². The van der Waals surface area contributed by atoms with Crippen LogP contribution in [-0.2, 0) is 28.6 Å². The maximum absolute atomic E-state index is 13.2. The average molecular weight is 508 g/mol. The smallest absolute Gasteiger partial charge is 0.319 e. The number of ether oxygens (including phenoxy) is 1. The second kappa shape index (κ2) is 10.7. The number of sulfone groups is 1. The molecular weight excluding hydrogens is 474 g/mol. The molecular formula is C28H33N3O4S. The minimum absolute atomic E-state index is 0.102. The molecule has 3 aromatic rings. The molecule has 8 heteroatoms. The monoisotopic (exact) mass is 507 g/mol. The summed E-state index contributed by atoms with van der Waals surface area (Å²) in [5.74, 6) is 0.177. The standard InChI is InChI=1S/C28H33N3O4S/c1-19-14-24-15-21(10-11-23(24)17-31(19)3)18-36(33,34)25-12-13-26(27(16-25)35-4)30-28(32)29-20(2)22-8-6-5-7-9-22/h5-13,15-16,19-20H,14,17-18H2,1-4H3,(H2,29,30,32). The van der Waals surface area contributed by atoms with E-state index in [0.717, 1.165) is 24.1 Å². The van der Waals surface area contributed by atoms with E-state index in [0.29, 0.717) is 11.7 Å². The first-order valence-electron chi connectivity index (χ1n) is 12.0. The minimum atomic E-state index is -3.62. The van der Waals surface area contributed by atoms with Gasteiger partial charge in [-0.05, 0) is 61.7 Å². The quantitative estimate of drug-likeness (QED) is 0.474. The van der Waals surface area contributed by atoms with Crippen molar-refractivity contribution >= 4 is 21.6 Å². The number of rotatable bonds is 7. The Kier molecular flexibility index (Phi) is 7.66. The fourth-order valence-corrected chi connectivity index (χ4v) is 5.81. The summed E-state index contributed by atoms with van der Waals surface area (Å²) in [6, 6.07) is 19.9. The molecule has 2 N–H and O–H groups in total. The molecule has 0 aliphatic carbocycles. The van der Waals surface area contributed by atoms with Crippen molar-refractivity contribution in [1.29, 1.82) is 0 Å². The van der Waals surface area contributed by atoms with Crippen LogP contribution in [0.2, 0.25) is 0 Å². The van der Waals surface area contributed by atoms with E-state index in [4.69, 9.17) is 4.74 Å². The number of carbonyl (C=O) groups is 1. The average Bonchev–Trinajstić information content (AvgIpc) is 2.85. The van der Waals surface area contributed by atoms with Crippen molar-refractivity contribution in [1.82, 2.24) is 10.2 Å². The van der Waals surface area contributed by atoms with Crippen molar-refractivity contribution in [3.05, 3.63) is 89.0 Å². The van der Waals surface area contributed by atoms with Gasteiger partial charge in [-0.3, -0.25) is 4.90 Å².